The number of aryl methyl sites for hydroxylation is 1. The topological polar surface area (TPSA) is 92.4 Å². The number of carboxylic acid groups (broad SMARTS) is 1. The van der Waals surface area contributed by atoms with E-state index in [1.165, 1.54) is 0 Å². The van der Waals surface area contributed by atoms with Crippen LogP contribution in [0.3, 0.4) is 0 Å². The molecule has 26 heavy (non-hydrogen) atoms. The summed E-state index contributed by atoms with van der Waals surface area (Å²) in [4.78, 5) is 23.3. The lowest BCUT2D eigenvalue weighted by molar-refractivity contribution is -0.116. The van der Waals surface area contributed by atoms with Crippen LogP contribution in [0.5, 0.6) is 0 Å². The number of hydrogen-bond acceptors (Lipinski definition) is 4. The van der Waals surface area contributed by atoms with Crippen LogP contribution in [-0.4, -0.2) is 17.0 Å². The van der Waals surface area contributed by atoms with Gasteiger partial charge in [0.2, 0.25) is 5.91 Å². The van der Waals surface area contributed by atoms with E-state index < -0.39 is 5.97 Å². The third-order valence-electron chi connectivity index (χ3n) is 4.00. The highest BCUT2D eigenvalue weighted by Gasteiger charge is 2.13. The largest absolute Gasteiger partial charge is 0.477 e. The molecule has 0 aliphatic rings. The number of aromatic carboxylic acids is 1. The maximum Gasteiger partial charge on any atom is 0.348 e. The summed E-state index contributed by atoms with van der Waals surface area (Å²) in [7, 11) is 0. The molecule has 1 amide bonds. The molecule has 3 rings (SSSR count). The highest BCUT2D eigenvalue weighted by atomic mass is 32.1. The summed E-state index contributed by atoms with van der Waals surface area (Å²) in [6, 6.07) is 17.2. The maximum absolute atomic E-state index is 12.1. The average molecular weight is 366 g/mol. The lowest BCUT2D eigenvalue weighted by atomic mass is 10.0. The number of carbonyl (C=O) groups excluding carboxylic acids is 1. The van der Waals surface area contributed by atoms with Crippen molar-refractivity contribution in [3.05, 3.63) is 70.4 Å². The number of para-hydroxylation sites is 1. The number of hydrogen-bond donors (Lipinski definition) is 3. The highest BCUT2D eigenvalue weighted by molar-refractivity contribution is 7.12. The van der Waals surface area contributed by atoms with Crippen molar-refractivity contribution in [1.29, 1.82) is 0 Å². The van der Waals surface area contributed by atoms with Crippen molar-refractivity contribution >= 4 is 34.6 Å². The Hall–Kier alpha value is -3.12. The average Bonchev–Trinajstić information content (AvgIpc) is 3.09. The van der Waals surface area contributed by atoms with Crippen LogP contribution in [0.1, 0.15) is 21.7 Å². The van der Waals surface area contributed by atoms with Gasteiger partial charge in [0.25, 0.3) is 0 Å². The fraction of sp³-hybridized carbons (Fsp3) is 0.100. The number of carbonyl (C=O) groups is 2. The lowest BCUT2D eigenvalue weighted by Gasteiger charge is -2.08. The zero-order chi connectivity index (χ0) is 18.5. The van der Waals surface area contributed by atoms with Crippen molar-refractivity contribution in [2.75, 3.05) is 11.1 Å². The van der Waals surface area contributed by atoms with E-state index in [0.29, 0.717) is 12.1 Å². The third-order valence-corrected chi connectivity index (χ3v) is 4.90. The molecule has 4 N–H and O–H groups in total. The fourth-order valence-corrected chi connectivity index (χ4v) is 3.34. The van der Waals surface area contributed by atoms with E-state index in [4.69, 9.17) is 10.8 Å². The number of nitrogens with two attached hydrogens (primary N) is 1. The second kappa shape index (κ2) is 7.84. The van der Waals surface area contributed by atoms with Gasteiger partial charge in [0.15, 0.2) is 0 Å². The molecule has 0 radical (unpaired) electrons. The quantitative estimate of drug-likeness (QED) is 0.568. The van der Waals surface area contributed by atoms with E-state index in [2.05, 4.69) is 5.32 Å². The predicted molar refractivity (Wildman–Crippen MR) is 105 cm³/mol. The number of benzene rings is 2. The van der Waals surface area contributed by atoms with E-state index in [0.717, 1.165) is 33.7 Å². The van der Waals surface area contributed by atoms with Crippen LogP contribution in [0.2, 0.25) is 0 Å². The number of nitrogens with one attached hydrogen (secondary N) is 1. The number of carboxylic acids is 1. The monoisotopic (exact) mass is 366 g/mol. The van der Waals surface area contributed by atoms with Gasteiger partial charge in [-0.3, -0.25) is 4.79 Å². The van der Waals surface area contributed by atoms with Gasteiger partial charge in [0.05, 0.1) is 5.69 Å². The van der Waals surface area contributed by atoms with Crippen molar-refractivity contribution in [3.63, 3.8) is 0 Å². The number of anilines is 2. The smallest absolute Gasteiger partial charge is 0.348 e. The normalized spacial score (nSPS) is 10.5. The molecule has 0 spiro atoms. The second-order valence-electron chi connectivity index (χ2n) is 5.80. The van der Waals surface area contributed by atoms with Crippen LogP contribution in [0.15, 0.2) is 60.0 Å². The third kappa shape index (κ3) is 4.10. The molecular formula is C20H18N2O3S. The zero-order valence-corrected chi connectivity index (χ0v) is 14.8. The van der Waals surface area contributed by atoms with Crippen LogP contribution >= 0.6 is 11.3 Å². The minimum atomic E-state index is -1.04. The molecule has 0 unspecified atom stereocenters. The van der Waals surface area contributed by atoms with Crippen molar-refractivity contribution in [2.24, 2.45) is 0 Å². The van der Waals surface area contributed by atoms with E-state index in [9.17, 15) is 9.59 Å². The van der Waals surface area contributed by atoms with Gasteiger partial charge in [-0.2, -0.15) is 0 Å². The summed E-state index contributed by atoms with van der Waals surface area (Å²) in [5, 5.41) is 13.4. The van der Waals surface area contributed by atoms with E-state index in [-0.39, 0.29) is 17.2 Å². The van der Waals surface area contributed by atoms with Crippen LogP contribution in [-0.2, 0) is 11.2 Å². The van der Waals surface area contributed by atoms with E-state index in [1.807, 2.05) is 48.5 Å². The van der Waals surface area contributed by atoms with Crippen molar-refractivity contribution in [1.82, 2.24) is 0 Å². The molecule has 0 saturated heterocycles. The Kier molecular flexibility index (Phi) is 5.34. The first-order chi connectivity index (χ1) is 12.5. The van der Waals surface area contributed by atoms with Gasteiger partial charge in [-0.25, -0.2) is 4.79 Å². The first-order valence-corrected chi connectivity index (χ1v) is 8.97. The Morgan fingerprint density at radius 2 is 1.77 bits per heavy atom. The fourth-order valence-electron chi connectivity index (χ4n) is 2.65. The summed E-state index contributed by atoms with van der Waals surface area (Å²) in [6.45, 7) is 0. The highest BCUT2D eigenvalue weighted by Crippen LogP contribution is 2.26. The Morgan fingerprint density at radius 3 is 2.46 bits per heavy atom. The molecule has 3 aromatic rings. The number of rotatable bonds is 6. The summed E-state index contributed by atoms with van der Waals surface area (Å²) in [5.74, 6) is -1.24. The molecule has 5 nitrogen and oxygen atoms in total. The standard InChI is InChI=1S/C20H18N2O3S/c21-16-4-2-1-3-15(16)14-8-5-13(6-9-14)7-10-18(23)22-17-11-12-26-19(17)20(24)25/h1-6,8-9,11-12H,7,10,21H2,(H,22,23)(H,24,25). The van der Waals surface area contributed by atoms with Crippen LogP contribution in [0.25, 0.3) is 11.1 Å². The van der Waals surface area contributed by atoms with Gasteiger partial charge < -0.3 is 16.2 Å². The molecule has 0 aliphatic heterocycles. The van der Waals surface area contributed by atoms with Crippen molar-refractivity contribution in [2.45, 2.75) is 12.8 Å². The molecular weight excluding hydrogens is 348 g/mol. The lowest BCUT2D eigenvalue weighted by Crippen LogP contribution is -2.13. The van der Waals surface area contributed by atoms with E-state index >= 15 is 0 Å². The number of thiophene rings is 1. The predicted octanol–water partition coefficient (Wildman–Crippen LogP) is 4.27. The van der Waals surface area contributed by atoms with Gasteiger partial charge in [-0.05, 0) is 35.1 Å². The second-order valence-corrected chi connectivity index (χ2v) is 6.72. The van der Waals surface area contributed by atoms with Crippen LogP contribution in [0.4, 0.5) is 11.4 Å². The number of amides is 1. The molecule has 0 aliphatic carbocycles. The summed E-state index contributed by atoms with van der Waals surface area (Å²) in [5.41, 5.74) is 10.1. The van der Waals surface area contributed by atoms with Gasteiger partial charge in [-0.1, -0.05) is 42.5 Å². The molecule has 132 valence electrons. The molecule has 0 bridgehead atoms. The Morgan fingerprint density at radius 1 is 1.04 bits per heavy atom. The molecule has 0 atom stereocenters. The minimum absolute atomic E-state index is 0.142. The number of nitrogen functional groups attached to an aromatic ring is 1. The minimum Gasteiger partial charge on any atom is -0.477 e. The molecule has 6 heteroatoms. The first-order valence-electron chi connectivity index (χ1n) is 8.09. The molecule has 0 fully saturated rings. The maximum atomic E-state index is 12.1. The Bertz CT molecular complexity index is 932. The first kappa shape index (κ1) is 17.7. The SMILES string of the molecule is Nc1ccccc1-c1ccc(CCC(=O)Nc2ccsc2C(=O)O)cc1. The van der Waals surface area contributed by atoms with Gasteiger partial charge in [0.1, 0.15) is 4.88 Å². The van der Waals surface area contributed by atoms with Crippen LogP contribution < -0.4 is 11.1 Å². The van der Waals surface area contributed by atoms with E-state index in [1.54, 1.807) is 11.4 Å². The zero-order valence-electron chi connectivity index (χ0n) is 13.9. The Labute approximate surface area is 155 Å². The summed E-state index contributed by atoms with van der Waals surface area (Å²) >= 11 is 1.09. The van der Waals surface area contributed by atoms with Crippen molar-refractivity contribution in [3.8, 4) is 11.1 Å². The molecule has 0 saturated carbocycles. The molecule has 1 heterocycles. The van der Waals surface area contributed by atoms with Gasteiger partial charge in [-0.15, -0.1) is 11.3 Å². The summed E-state index contributed by atoms with van der Waals surface area (Å²) < 4.78 is 0. The van der Waals surface area contributed by atoms with Gasteiger partial charge >= 0.3 is 5.97 Å². The van der Waals surface area contributed by atoms with Crippen LogP contribution in [0, 0.1) is 0 Å². The molecule has 1 aromatic heterocycles. The van der Waals surface area contributed by atoms with Gasteiger partial charge in [0, 0.05) is 17.7 Å². The van der Waals surface area contributed by atoms with Crippen molar-refractivity contribution < 1.29 is 14.7 Å². The Balaban J connectivity index is 1.60. The molecule has 2 aromatic carbocycles. The summed E-state index contributed by atoms with van der Waals surface area (Å²) in [6.07, 6.45) is 0.852.